The molecule has 0 bridgehead atoms. The molecule has 148 valence electrons. The van der Waals surface area contributed by atoms with Crippen molar-refractivity contribution in [2.75, 3.05) is 5.32 Å². The van der Waals surface area contributed by atoms with Crippen LogP contribution in [0.5, 0.6) is 0 Å². The lowest BCUT2D eigenvalue weighted by molar-refractivity contribution is -0.111. The number of primary sulfonamides is 1. The van der Waals surface area contributed by atoms with Gasteiger partial charge in [0.25, 0.3) is 0 Å². The predicted molar refractivity (Wildman–Crippen MR) is 117 cm³/mol. The fourth-order valence-corrected chi connectivity index (χ4v) is 3.85. The van der Waals surface area contributed by atoms with Crippen LogP contribution in [0, 0.1) is 6.92 Å². The van der Waals surface area contributed by atoms with Gasteiger partial charge in [-0.3, -0.25) is 4.79 Å². The topological polar surface area (TPSA) is 89.3 Å². The Bertz CT molecular complexity index is 1200. The Morgan fingerprint density at radius 2 is 1.79 bits per heavy atom. The summed E-state index contributed by atoms with van der Waals surface area (Å²) in [7, 11) is -3.88. The summed E-state index contributed by atoms with van der Waals surface area (Å²) in [6.45, 7) is 1.98. The van der Waals surface area contributed by atoms with Crippen LogP contribution in [0.4, 0.5) is 5.69 Å². The second kappa shape index (κ2) is 8.61. The van der Waals surface area contributed by atoms with Crippen molar-refractivity contribution in [2.45, 2.75) is 11.8 Å². The minimum Gasteiger partial charge on any atom is -0.321 e. The van der Waals surface area contributed by atoms with Crippen LogP contribution >= 0.6 is 11.6 Å². The highest BCUT2D eigenvalue weighted by Gasteiger charge is 2.15. The number of nitrogens with two attached hydrogens (primary N) is 1. The van der Waals surface area contributed by atoms with Crippen molar-refractivity contribution >= 4 is 39.3 Å². The molecule has 3 aromatic rings. The normalized spacial score (nSPS) is 11.6. The van der Waals surface area contributed by atoms with Gasteiger partial charge in [0.1, 0.15) is 0 Å². The third-order valence-electron chi connectivity index (χ3n) is 4.20. The molecule has 1 amide bonds. The molecule has 0 spiro atoms. The molecule has 0 aliphatic heterocycles. The van der Waals surface area contributed by atoms with E-state index in [4.69, 9.17) is 16.7 Å². The van der Waals surface area contributed by atoms with Gasteiger partial charge in [-0.2, -0.15) is 0 Å². The number of aryl methyl sites for hydroxylation is 1. The molecule has 0 unspecified atom stereocenters. The number of amides is 1. The summed E-state index contributed by atoms with van der Waals surface area (Å²) >= 11 is 6.31. The Labute approximate surface area is 174 Å². The van der Waals surface area contributed by atoms with Crippen LogP contribution in [0.2, 0.25) is 5.02 Å². The van der Waals surface area contributed by atoms with Gasteiger partial charge in [-0.05, 0) is 42.3 Å². The third-order valence-corrected chi connectivity index (χ3v) is 5.48. The van der Waals surface area contributed by atoms with Crippen LogP contribution in [-0.2, 0) is 14.8 Å². The number of carbonyl (C=O) groups excluding carboxylic acids is 1. The zero-order valence-electron chi connectivity index (χ0n) is 15.6. The smallest absolute Gasteiger partial charge is 0.248 e. The Hall–Kier alpha value is -2.93. The van der Waals surface area contributed by atoms with Gasteiger partial charge in [0.2, 0.25) is 15.9 Å². The van der Waals surface area contributed by atoms with Crippen LogP contribution in [-0.4, -0.2) is 14.3 Å². The molecule has 0 aliphatic rings. The van der Waals surface area contributed by atoms with Crippen molar-refractivity contribution < 1.29 is 13.2 Å². The minimum atomic E-state index is -3.88. The Morgan fingerprint density at radius 1 is 1.03 bits per heavy atom. The van der Waals surface area contributed by atoms with E-state index in [2.05, 4.69) is 5.32 Å². The van der Waals surface area contributed by atoms with Gasteiger partial charge >= 0.3 is 0 Å². The van der Waals surface area contributed by atoms with Crippen molar-refractivity contribution in [1.82, 2.24) is 0 Å². The number of sulfonamides is 1. The number of hydrogen-bond donors (Lipinski definition) is 2. The molecule has 0 atom stereocenters. The van der Waals surface area contributed by atoms with E-state index in [9.17, 15) is 13.2 Å². The first-order valence-electron chi connectivity index (χ1n) is 8.71. The average Bonchev–Trinajstić information content (AvgIpc) is 2.67. The summed E-state index contributed by atoms with van der Waals surface area (Å²) in [6, 6.07) is 19.0. The molecule has 0 saturated carbocycles. The maximum Gasteiger partial charge on any atom is 0.248 e. The first kappa shape index (κ1) is 20.8. The molecule has 0 aromatic heterocycles. The predicted octanol–water partition coefficient (Wildman–Crippen LogP) is 4.61. The molecule has 7 heteroatoms. The molecule has 3 rings (SSSR count). The SMILES string of the molecule is Cc1cccc(/C=C\C(=O)Nc2ccc(-c3ccccc3S(N)(=O)=O)cc2Cl)c1. The van der Waals surface area contributed by atoms with Crippen LogP contribution < -0.4 is 10.5 Å². The van der Waals surface area contributed by atoms with Crippen LogP contribution in [0.1, 0.15) is 11.1 Å². The second-order valence-electron chi connectivity index (χ2n) is 6.47. The van der Waals surface area contributed by atoms with Gasteiger partial charge in [0.05, 0.1) is 15.6 Å². The summed E-state index contributed by atoms with van der Waals surface area (Å²) in [5.41, 5.74) is 3.46. The largest absolute Gasteiger partial charge is 0.321 e. The zero-order chi connectivity index (χ0) is 21.0. The van der Waals surface area contributed by atoms with Gasteiger partial charge < -0.3 is 5.32 Å². The molecule has 5 nitrogen and oxygen atoms in total. The summed E-state index contributed by atoms with van der Waals surface area (Å²) in [6.07, 6.45) is 3.14. The van der Waals surface area contributed by atoms with Crippen molar-refractivity contribution in [1.29, 1.82) is 0 Å². The molecule has 29 heavy (non-hydrogen) atoms. The molecule has 0 aliphatic carbocycles. The number of hydrogen-bond acceptors (Lipinski definition) is 3. The van der Waals surface area contributed by atoms with Gasteiger partial charge in [-0.15, -0.1) is 0 Å². The summed E-state index contributed by atoms with van der Waals surface area (Å²) < 4.78 is 23.6. The Balaban J connectivity index is 1.81. The number of rotatable bonds is 5. The lowest BCUT2D eigenvalue weighted by atomic mass is 10.1. The molecule has 0 radical (unpaired) electrons. The van der Waals surface area contributed by atoms with Crippen molar-refractivity contribution in [3.05, 3.63) is 89.0 Å². The Morgan fingerprint density at radius 3 is 2.48 bits per heavy atom. The summed E-state index contributed by atoms with van der Waals surface area (Å²) in [5.74, 6) is -0.328. The van der Waals surface area contributed by atoms with E-state index in [0.29, 0.717) is 16.8 Å². The fourth-order valence-electron chi connectivity index (χ4n) is 2.86. The third kappa shape index (κ3) is 5.32. The molecule has 0 heterocycles. The van der Waals surface area contributed by atoms with E-state index < -0.39 is 10.0 Å². The number of carbonyl (C=O) groups is 1. The van der Waals surface area contributed by atoms with Crippen molar-refractivity contribution in [3.8, 4) is 11.1 Å². The van der Waals surface area contributed by atoms with Crippen LogP contribution in [0.15, 0.2) is 77.7 Å². The highest BCUT2D eigenvalue weighted by atomic mass is 35.5. The number of benzene rings is 3. The quantitative estimate of drug-likeness (QED) is 0.583. The van der Waals surface area contributed by atoms with Crippen LogP contribution in [0.3, 0.4) is 0 Å². The highest BCUT2D eigenvalue weighted by molar-refractivity contribution is 7.89. The Kier molecular flexibility index (Phi) is 6.17. The maximum absolute atomic E-state index is 12.2. The number of anilines is 1. The van der Waals surface area contributed by atoms with Gasteiger partial charge in [0, 0.05) is 11.6 Å². The second-order valence-corrected chi connectivity index (χ2v) is 8.41. The number of nitrogens with one attached hydrogen (secondary N) is 1. The standard InChI is InChI=1S/C22H19ClN2O3S/c1-15-5-4-6-16(13-15)9-12-22(26)25-20-11-10-17(14-19(20)23)18-7-2-3-8-21(18)29(24,27)28/h2-14H,1H3,(H,25,26)(H2,24,27,28)/b12-9-. The fraction of sp³-hybridized carbons (Fsp3) is 0.0455. The minimum absolute atomic E-state index is 0.00828. The lowest BCUT2D eigenvalue weighted by Crippen LogP contribution is -2.13. The van der Waals surface area contributed by atoms with E-state index >= 15 is 0 Å². The average molecular weight is 427 g/mol. The molecule has 0 saturated heterocycles. The zero-order valence-corrected chi connectivity index (χ0v) is 17.2. The van der Waals surface area contributed by atoms with E-state index in [1.165, 1.54) is 12.1 Å². The van der Waals surface area contributed by atoms with E-state index in [1.54, 1.807) is 42.5 Å². The monoisotopic (exact) mass is 426 g/mol. The van der Waals surface area contributed by atoms with E-state index in [1.807, 2.05) is 31.2 Å². The first-order valence-corrected chi connectivity index (χ1v) is 10.6. The molecule has 3 N–H and O–H groups in total. The summed E-state index contributed by atoms with van der Waals surface area (Å²) in [4.78, 5) is 12.2. The molecule has 0 fully saturated rings. The number of halogens is 1. The first-order chi connectivity index (χ1) is 13.7. The highest BCUT2D eigenvalue weighted by Crippen LogP contribution is 2.32. The maximum atomic E-state index is 12.2. The van der Waals surface area contributed by atoms with Gasteiger partial charge in [-0.1, -0.05) is 65.7 Å². The van der Waals surface area contributed by atoms with Crippen molar-refractivity contribution in [3.63, 3.8) is 0 Å². The molecular weight excluding hydrogens is 408 g/mol. The molecule has 3 aromatic carbocycles. The van der Waals surface area contributed by atoms with Crippen LogP contribution in [0.25, 0.3) is 17.2 Å². The molecular formula is C22H19ClN2O3S. The van der Waals surface area contributed by atoms with Crippen molar-refractivity contribution in [2.24, 2.45) is 5.14 Å². The van der Waals surface area contributed by atoms with Gasteiger partial charge in [0.15, 0.2) is 0 Å². The van der Waals surface area contributed by atoms with E-state index in [-0.39, 0.29) is 15.8 Å². The summed E-state index contributed by atoms with van der Waals surface area (Å²) in [5, 5.41) is 8.29. The lowest BCUT2D eigenvalue weighted by Gasteiger charge is -2.11. The van der Waals surface area contributed by atoms with E-state index in [0.717, 1.165) is 11.1 Å². The van der Waals surface area contributed by atoms with Gasteiger partial charge in [-0.25, -0.2) is 13.6 Å².